The van der Waals surface area contributed by atoms with Gasteiger partial charge in [0.2, 0.25) is 0 Å². The summed E-state index contributed by atoms with van der Waals surface area (Å²) in [5.74, 6) is 0.799. The van der Waals surface area contributed by atoms with Gasteiger partial charge in [0.1, 0.15) is 5.76 Å². The van der Waals surface area contributed by atoms with E-state index in [0.29, 0.717) is 5.56 Å². The fourth-order valence-corrected chi connectivity index (χ4v) is 3.72. The normalized spacial score (nSPS) is 16.7. The molecule has 0 radical (unpaired) electrons. The van der Waals surface area contributed by atoms with E-state index in [1.54, 1.807) is 6.20 Å². The Balaban J connectivity index is 1.59. The first-order valence-corrected chi connectivity index (χ1v) is 9.17. The summed E-state index contributed by atoms with van der Waals surface area (Å²) in [7, 11) is 0. The van der Waals surface area contributed by atoms with Gasteiger partial charge < -0.3 is 9.42 Å². The van der Waals surface area contributed by atoms with Crippen molar-refractivity contribution in [2.75, 3.05) is 6.54 Å². The van der Waals surface area contributed by atoms with E-state index in [9.17, 15) is 4.79 Å². The van der Waals surface area contributed by atoms with Crippen molar-refractivity contribution >= 4 is 5.91 Å². The second-order valence-electron chi connectivity index (χ2n) is 7.02. The lowest BCUT2D eigenvalue weighted by Gasteiger charge is -2.24. The maximum absolute atomic E-state index is 12.9. The van der Waals surface area contributed by atoms with Crippen LogP contribution in [0.4, 0.5) is 0 Å². The van der Waals surface area contributed by atoms with Crippen LogP contribution in [0.3, 0.4) is 0 Å². The van der Waals surface area contributed by atoms with Crippen LogP contribution < -0.4 is 0 Å². The third-order valence-corrected chi connectivity index (χ3v) is 5.12. The van der Waals surface area contributed by atoms with Gasteiger partial charge in [-0.3, -0.25) is 14.8 Å². The van der Waals surface area contributed by atoms with E-state index in [1.807, 2.05) is 56.1 Å². The third-order valence-electron chi connectivity index (χ3n) is 5.12. The van der Waals surface area contributed by atoms with E-state index in [0.717, 1.165) is 53.4 Å². The number of amides is 1. The standard InChI is InChI=1S/C21H22N4O2/c1-13-6-7-17(12-22-13)21(26)25-10-4-5-19(25)18-9-8-16(11-23-18)20-14(2)24-27-15(20)3/h6-9,11-12,19H,4-5,10H2,1-3H3/t19-/m1/s1. The molecule has 1 aliphatic heterocycles. The van der Waals surface area contributed by atoms with Crippen LogP contribution in [0.25, 0.3) is 11.1 Å². The summed E-state index contributed by atoms with van der Waals surface area (Å²) in [5, 5.41) is 4.01. The fraction of sp³-hybridized carbons (Fsp3) is 0.333. The van der Waals surface area contributed by atoms with Gasteiger partial charge in [-0.25, -0.2) is 0 Å². The molecule has 1 atom stereocenters. The number of likely N-dealkylation sites (tertiary alicyclic amines) is 1. The number of aryl methyl sites for hydroxylation is 3. The number of nitrogens with zero attached hydrogens (tertiary/aromatic N) is 4. The molecule has 0 spiro atoms. The SMILES string of the molecule is Cc1ccc(C(=O)N2CCC[C@@H]2c2ccc(-c3c(C)noc3C)cn2)cn1. The number of hydrogen-bond donors (Lipinski definition) is 0. The summed E-state index contributed by atoms with van der Waals surface area (Å²) in [4.78, 5) is 23.7. The zero-order chi connectivity index (χ0) is 19.0. The smallest absolute Gasteiger partial charge is 0.255 e. The molecule has 1 aliphatic rings. The Hall–Kier alpha value is -3.02. The third kappa shape index (κ3) is 3.23. The Morgan fingerprint density at radius 2 is 1.96 bits per heavy atom. The van der Waals surface area contributed by atoms with Gasteiger partial charge >= 0.3 is 0 Å². The van der Waals surface area contributed by atoms with Crippen molar-refractivity contribution in [3.8, 4) is 11.1 Å². The first kappa shape index (κ1) is 17.4. The summed E-state index contributed by atoms with van der Waals surface area (Å²) >= 11 is 0. The summed E-state index contributed by atoms with van der Waals surface area (Å²) < 4.78 is 5.25. The van der Waals surface area contributed by atoms with Crippen LogP contribution in [-0.2, 0) is 0 Å². The molecular weight excluding hydrogens is 340 g/mol. The Morgan fingerprint density at radius 1 is 1.11 bits per heavy atom. The molecule has 1 saturated heterocycles. The van der Waals surface area contributed by atoms with Gasteiger partial charge in [0, 0.05) is 35.8 Å². The lowest BCUT2D eigenvalue weighted by molar-refractivity contribution is 0.0732. The highest BCUT2D eigenvalue weighted by atomic mass is 16.5. The maximum atomic E-state index is 12.9. The highest BCUT2D eigenvalue weighted by Crippen LogP contribution is 2.33. The quantitative estimate of drug-likeness (QED) is 0.703. The monoisotopic (exact) mass is 362 g/mol. The second kappa shape index (κ2) is 6.95. The van der Waals surface area contributed by atoms with Crippen LogP contribution in [0.2, 0.25) is 0 Å². The highest BCUT2D eigenvalue weighted by Gasteiger charge is 2.31. The molecule has 0 N–H and O–H groups in total. The fourth-order valence-electron chi connectivity index (χ4n) is 3.72. The van der Waals surface area contributed by atoms with Crippen LogP contribution in [0.1, 0.15) is 52.1 Å². The van der Waals surface area contributed by atoms with E-state index in [-0.39, 0.29) is 11.9 Å². The van der Waals surface area contributed by atoms with Crippen molar-refractivity contribution in [2.24, 2.45) is 0 Å². The van der Waals surface area contributed by atoms with Crippen LogP contribution >= 0.6 is 0 Å². The number of aromatic nitrogens is 3. The molecule has 0 saturated carbocycles. The Morgan fingerprint density at radius 3 is 2.59 bits per heavy atom. The average Bonchev–Trinajstić information content (AvgIpc) is 3.29. The molecule has 138 valence electrons. The first-order chi connectivity index (χ1) is 13.0. The van der Waals surface area contributed by atoms with Crippen molar-refractivity contribution in [3.05, 3.63) is 65.1 Å². The van der Waals surface area contributed by atoms with E-state index >= 15 is 0 Å². The largest absolute Gasteiger partial charge is 0.361 e. The summed E-state index contributed by atoms with van der Waals surface area (Å²) in [6.07, 6.45) is 5.39. The summed E-state index contributed by atoms with van der Waals surface area (Å²) in [5.41, 5.74) is 5.26. The van der Waals surface area contributed by atoms with Crippen LogP contribution in [0.15, 0.2) is 41.2 Å². The molecule has 1 amide bonds. The van der Waals surface area contributed by atoms with Gasteiger partial charge in [0.25, 0.3) is 5.91 Å². The topological polar surface area (TPSA) is 72.1 Å². The van der Waals surface area contributed by atoms with Crippen molar-refractivity contribution in [3.63, 3.8) is 0 Å². The minimum atomic E-state index is -0.00229. The second-order valence-corrected chi connectivity index (χ2v) is 7.02. The Labute approximate surface area is 158 Å². The molecule has 1 fully saturated rings. The van der Waals surface area contributed by atoms with Crippen LogP contribution in [0.5, 0.6) is 0 Å². The first-order valence-electron chi connectivity index (χ1n) is 9.17. The maximum Gasteiger partial charge on any atom is 0.255 e. The van der Waals surface area contributed by atoms with Crippen molar-refractivity contribution in [1.82, 2.24) is 20.0 Å². The lowest BCUT2D eigenvalue weighted by Crippen LogP contribution is -2.31. The number of carbonyl (C=O) groups excluding carboxylic acids is 1. The van der Waals surface area contributed by atoms with Crippen LogP contribution in [0, 0.1) is 20.8 Å². The van der Waals surface area contributed by atoms with Gasteiger partial charge in [-0.2, -0.15) is 0 Å². The van der Waals surface area contributed by atoms with Crippen LogP contribution in [-0.4, -0.2) is 32.5 Å². The molecular formula is C21H22N4O2. The predicted molar refractivity (Wildman–Crippen MR) is 101 cm³/mol. The van der Waals surface area contributed by atoms with Gasteiger partial charge in [-0.05, 0) is 51.8 Å². The number of carbonyl (C=O) groups is 1. The minimum absolute atomic E-state index is 0.00229. The summed E-state index contributed by atoms with van der Waals surface area (Å²) in [6.45, 7) is 6.48. The zero-order valence-electron chi connectivity index (χ0n) is 15.8. The minimum Gasteiger partial charge on any atom is -0.361 e. The molecule has 0 aliphatic carbocycles. The highest BCUT2D eigenvalue weighted by molar-refractivity contribution is 5.94. The zero-order valence-corrected chi connectivity index (χ0v) is 15.8. The number of rotatable bonds is 3. The van der Waals surface area contributed by atoms with Gasteiger partial charge in [0.15, 0.2) is 0 Å². The number of hydrogen-bond acceptors (Lipinski definition) is 5. The molecule has 3 aromatic rings. The van der Waals surface area contributed by atoms with E-state index < -0.39 is 0 Å². The Kier molecular flexibility index (Phi) is 4.48. The van der Waals surface area contributed by atoms with Crippen molar-refractivity contribution in [1.29, 1.82) is 0 Å². The molecule has 6 nitrogen and oxygen atoms in total. The number of pyridine rings is 2. The Bertz CT molecular complexity index is 941. The van der Waals surface area contributed by atoms with Gasteiger partial charge in [-0.1, -0.05) is 11.2 Å². The van der Waals surface area contributed by atoms with E-state index in [4.69, 9.17) is 4.52 Å². The average molecular weight is 362 g/mol. The molecule has 0 aromatic carbocycles. The molecule has 4 rings (SSSR count). The molecule has 3 aromatic heterocycles. The van der Waals surface area contributed by atoms with E-state index in [2.05, 4.69) is 15.1 Å². The molecule has 4 heterocycles. The molecule has 27 heavy (non-hydrogen) atoms. The lowest BCUT2D eigenvalue weighted by atomic mass is 10.0. The van der Waals surface area contributed by atoms with Gasteiger partial charge in [0.05, 0.1) is 23.0 Å². The molecule has 0 unspecified atom stereocenters. The van der Waals surface area contributed by atoms with E-state index in [1.165, 1.54) is 0 Å². The molecule has 6 heteroatoms. The molecule has 0 bridgehead atoms. The predicted octanol–water partition coefficient (Wildman–Crippen LogP) is 4.03. The van der Waals surface area contributed by atoms with Crippen molar-refractivity contribution in [2.45, 2.75) is 39.7 Å². The van der Waals surface area contributed by atoms with Crippen molar-refractivity contribution < 1.29 is 9.32 Å². The van der Waals surface area contributed by atoms with Gasteiger partial charge in [-0.15, -0.1) is 0 Å². The summed E-state index contributed by atoms with van der Waals surface area (Å²) in [6, 6.07) is 7.74.